The van der Waals surface area contributed by atoms with Crippen molar-refractivity contribution in [2.24, 2.45) is 0 Å². The fourth-order valence-electron chi connectivity index (χ4n) is 4.72. The van der Waals surface area contributed by atoms with E-state index in [4.69, 9.17) is 67.5 Å². The molecule has 2 amide bonds. The lowest BCUT2D eigenvalue weighted by atomic mass is 10.0. The van der Waals surface area contributed by atoms with Crippen molar-refractivity contribution in [1.29, 1.82) is 0 Å². The molecule has 0 aliphatic carbocycles. The zero-order valence-electron chi connectivity index (χ0n) is 30.0. The highest BCUT2D eigenvalue weighted by atomic mass is 35.5. The topological polar surface area (TPSA) is 129 Å². The van der Waals surface area contributed by atoms with Gasteiger partial charge in [0.15, 0.2) is 4.84 Å². The SMILES string of the molecule is C=CCN(CC=C)C(=O)C(Cl)Cl.CCc1cccc(C)c1N(C(=O)CCl)C(C)COC.COC(=O)c1cc(Oc2ccc(Cl)cc2Cl)ccc1[N+](=O)[O-]. The van der Waals surface area contributed by atoms with E-state index in [0.717, 1.165) is 36.4 Å². The number of carbonyl (C=O) groups excluding carboxylic acids is 3. The Balaban J connectivity index is 0.000000416. The van der Waals surface area contributed by atoms with Crippen LogP contribution in [-0.2, 0) is 25.5 Å². The molecule has 0 aliphatic heterocycles. The van der Waals surface area contributed by atoms with E-state index in [0.29, 0.717) is 30.5 Å². The van der Waals surface area contributed by atoms with Gasteiger partial charge in [0.05, 0.1) is 35.4 Å². The molecule has 3 rings (SSSR count). The summed E-state index contributed by atoms with van der Waals surface area (Å²) in [5.41, 5.74) is 2.62. The number of anilines is 1. The average molecular weight is 834 g/mol. The molecule has 0 aromatic heterocycles. The molecule has 11 nitrogen and oxygen atoms in total. The van der Waals surface area contributed by atoms with Gasteiger partial charge in [-0.1, -0.05) is 83.7 Å². The molecule has 3 aromatic rings. The van der Waals surface area contributed by atoms with Crippen LogP contribution in [0.15, 0.2) is 79.9 Å². The summed E-state index contributed by atoms with van der Waals surface area (Å²) >= 11 is 28.3. The molecule has 3 aromatic carbocycles. The number of amides is 2. The number of nitro groups is 1. The minimum atomic E-state index is -1.01. The van der Waals surface area contributed by atoms with Gasteiger partial charge in [0, 0.05) is 37.4 Å². The zero-order valence-corrected chi connectivity index (χ0v) is 33.7. The number of hydrogen-bond donors (Lipinski definition) is 0. The van der Waals surface area contributed by atoms with Gasteiger partial charge in [-0.3, -0.25) is 19.7 Å². The van der Waals surface area contributed by atoms with E-state index in [1.165, 1.54) is 23.1 Å². The Hall–Kier alpha value is -3.84. The zero-order chi connectivity index (χ0) is 40.2. The number of ether oxygens (including phenoxy) is 3. The maximum atomic E-state index is 12.2. The van der Waals surface area contributed by atoms with Crippen LogP contribution in [0.25, 0.3) is 0 Å². The number of nitrogens with zero attached hydrogens (tertiary/aromatic N) is 3. The molecular formula is C37H42Cl5N3O8. The van der Waals surface area contributed by atoms with Crippen molar-refractivity contribution in [3.05, 3.63) is 117 Å². The standard InChI is InChI=1S/C15H22ClNO2.C14H9Cl2NO5.C8H11Cl2NO/c1-5-13-8-6-7-11(2)15(13)17(14(18)9-16)12(3)10-19-4;1-21-14(18)10-7-9(3-4-12(10)17(19)20)22-13-5-2-8(15)6-11(13)16;1-3-5-11(6-4-2)8(12)7(9)10/h6-8,12H,5,9-10H2,1-4H3;2-7H,1H3;3-4,7H,1-2,5-6H2. The number of carbonyl (C=O) groups is 3. The number of halogens is 5. The van der Waals surface area contributed by atoms with Crippen molar-refractivity contribution in [3.63, 3.8) is 0 Å². The Kier molecular flexibility index (Phi) is 21.8. The summed E-state index contributed by atoms with van der Waals surface area (Å²) in [7, 11) is 2.77. The van der Waals surface area contributed by atoms with Crippen LogP contribution in [0.2, 0.25) is 10.0 Å². The first kappa shape index (κ1) is 47.2. The van der Waals surface area contributed by atoms with Crippen molar-refractivity contribution in [2.45, 2.75) is 38.1 Å². The normalized spacial score (nSPS) is 10.8. The summed E-state index contributed by atoms with van der Waals surface area (Å²) in [6.45, 7) is 14.4. The van der Waals surface area contributed by atoms with Gasteiger partial charge in [-0.05, 0) is 55.7 Å². The van der Waals surface area contributed by atoms with Gasteiger partial charge in [-0.2, -0.15) is 0 Å². The fourth-order valence-corrected chi connectivity index (χ4v) is 5.57. The predicted molar refractivity (Wildman–Crippen MR) is 214 cm³/mol. The maximum Gasteiger partial charge on any atom is 0.345 e. The second-order valence-electron chi connectivity index (χ2n) is 10.9. The van der Waals surface area contributed by atoms with E-state index in [9.17, 15) is 24.5 Å². The molecule has 53 heavy (non-hydrogen) atoms. The Morgan fingerprint density at radius 1 is 1.00 bits per heavy atom. The van der Waals surface area contributed by atoms with E-state index in [1.54, 1.807) is 36.3 Å². The number of para-hydroxylation sites is 1. The van der Waals surface area contributed by atoms with Crippen LogP contribution in [0, 0.1) is 17.0 Å². The summed E-state index contributed by atoms with van der Waals surface area (Å²) in [6.07, 6.45) is 4.10. The number of esters is 1. The summed E-state index contributed by atoms with van der Waals surface area (Å²) in [5, 5.41) is 11.6. The molecule has 1 unspecified atom stereocenters. The molecule has 288 valence electrons. The Labute approximate surface area is 335 Å². The Morgan fingerprint density at radius 2 is 1.64 bits per heavy atom. The van der Waals surface area contributed by atoms with Crippen LogP contribution in [0.4, 0.5) is 11.4 Å². The van der Waals surface area contributed by atoms with Crippen LogP contribution < -0.4 is 9.64 Å². The van der Waals surface area contributed by atoms with Gasteiger partial charge in [0.1, 0.15) is 22.9 Å². The third kappa shape index (κ3) is 14.8. The first-order chi connectivity index (χ1) is 25.1. The second kappa shape index (κ2) is 24.5. The number of benzene rings is 3. The molecule has 16 heteroatoms. The third-order valence-electron chi connectivity index (χ3n) is 7.06. The van der Waals surface area contributed by atoms with Gasteiger partial charge in [0.2, 0.25) is 5.91 Å². The third-order valence-corrected chi connectivity index (χ3v) is 8.20. The summed E-state index contributed by atoms with van der Waals surface area (Å²) in [5.74, 6) is -0.760. The molecule has 1 atom stereocenters. The van der Waals surface area contributed by atoms with Gasteiger partial charge in [-0.25, -0.2) is 4.79 Å². The van der Waals surface area contributed by atoms with E-state index in [2.05, 4.69) is 30.9 Å². The van der Waals surface area contributed by atoms with Crippen molar-refractivity contribution < 1.29 is 33.5 Å². The fraction of sp³-hybridized carbons (Fsp3) is 0.324. The molecule has 0 spiro atoms. The molecule has 0 bridgehead atoms. The van der Waals surface area contributed by atoms with Crippen LogP contribution in [0.3, 0.4) is 0 Å². The van der Waals surface area contributed by atoms with E-state index < -0.39 is 15.7 Å². The number of hydrogen-bond acceptors (Lipinski definition) is 8. The number of rotatable bonds is 15. The lowest BCUT2D eigenvalue weighted by Gasteiger charge is -2.31. The quantitative estimate of drug-likeness (QED) is 0.0487. The van der Waals surface area contributed by atoms with E-state index >= 15 is 0 Å². The lowest BCUT2D eigenvalue weighted by molar-refractivity contribution is -0.385. The molecule has 0 fully saturated rings. The molecule has 0 radical (unpaired) electrons. The number of alkyl halides is 3. The number of aryl methyl sites for hydroxylation is 2. The minimum Gasteiger partial charge on any atom is -0.465 e. The van der Waals surface area contributed by atoms with Crippen LogP contribution in [0.1, 0.15) is 35.3 Å². The van der Waals surface area contributed by atoms with Gasteiger partial charge >= 0.3 is 5.97 Å². The number of nitro benzene ring substituents is 1. The van der Waals surface area contributed by atoms with Crippen molar-refractivity contribution in [1.82, 2.24) is 4.90 Å². The highest BCUT2D eigenvalue weighted by molar-refractivity contribution is 6.53. The van der Waals surface area contributed by atoms with Gasteiger partial charge < -0.3 is 24.0 Å². The van der Waals surface area contributed by atoms with E-state index in [-0.39, 0.29) is 45.8 Å². The Bertz CT molecular complexity index is 1710. The summed E-state index contributed by atoms with van der Waals surface area (Å²) in [6, 6.07) is 14.4. The molecule has 0 heterocycles. The smallest absolute Gasteiger partial charge is 0.345 e. The molecule has 0 N–H and O–H groups in total. The first-order valence-electron chi connectivity index (χ1n) is 15.9. The highest BCUT2D eigenvalue weighted by Crippen LogP contribution is 2.34. The van der Waals surface area contributed by atoms with Gasteiger partial charge in [0.25, 0.3) is 11.6 Å². The highest BCUT2D eigenvalue weighted by Gasteiger charge is 2.25. The van der Waals surface area contributed by atoms with Crippen LogP contribution in [0.5, 0.6) is 11.5 Å². The van der Waals surface area contributed by atoms with Crippen molar-refractivity contribution in [3.8, 4) is 11.5 Å². The predicted octanol–water partition coefficient (Wildman–Crippen LogP) is 9.64. The largest absolute Gasteiger partial charge is 0.465 e. The van der Waals surface area contributed by atoms with E-state index in [1.807, 2.05) is 26.0 Å². The van der Waals surface area contributed by atoms with Crippen LogP contribution >= 0.6 is 58.0 Å². The molecule has 0 saturated carbocycles. The molecular weight excluding hydrogens is 792 g/mol. The van der Waals surface area contributed by atoms with Crippen LogP contribution in [-0.4, -0.2) is 78.3 Å². The maximum absolute atomic E-state index is 12.2. The lowest BCUT2D eigenvalue weighted by Crippen LogP contribution is -2.43. The van der Waals surface area contributed by atoms with Gasteiger partial charge in [-0.15, -0.1) is 24.8 Å². The number of methoxy groups -OCH3 is 2. The molecule has 0 saturated heterocycles. The van der Waals surface area contributed by atoms with Crippen molar-refractivity contribution in [2.75, 3.05) is 44.7 Å². The Morgan fingerprint density at radius 3 is 2.13 bits per heavy atom. The summed E-state index contributed by atoms with van der Waals surface area (Å²) < 4.78 is 15.2. The second-order valence-corrected chi connectivity index (χ2v) is 13.1. The first-order valence-corrected chi connectivity index (χ1v) is 18.0. The average Bonchev–Trinajstić information content (AvgIpc) is 3.13. The molecule has 0 aliphatic rings. The summed E-state index contributed by atoms with van der Waals surface area (Å²) in [4.78, 5) is 47.5. The monoisotopic (exact) mass is 831 g/mol. The van der Waals surface area contributed by atoms with Crippen molar-refractivity contribution >= 4 is 87.2 Å². The minimum absolute atomic E-state index is 0.0223.